The van der Waals surface area contributed by atoms with Gasteiger partial charge < -0.3 is 14.6 Å². The van der Waals surface area contributed by atoms with Crippen LogP contribution in [-0.4, -0.2) is 35.8 Å². The lowest BCUT2D eigenvalue weighted by Crippen LogP contribution is -2.21. The van der Waals surface area contributed by atoms with Gasteiger partial charge in [0, 0.05) is 48.9 Å². The summed E-state index contributed by atoms with van der Waals surface area (Å²) < 4.78 is 5.20. The van der Waals surface area contributed by atoms with E-state index < -0.39 is 0 Å². The van der Waals surface area contributed by atoms with Crippen molar-refractivity contribution in [2.45, 2.75) is 6.92 Å². The first-order chi connectivity index (χ1) is 13.4. The van der Waals surface area contributed by atoms with Crippen LogP contribution in [0.25, 0.3) is 0 Å². The van der Waals surface area contributed by atoms with Gasteiger partial charge in [-0.15, -0.1) is 0 Å². The van der Waals surface area contributed by atoms with Crippen molar-refractivity contribution >= 4 is 17.5 Å². The average Bonchev–Trinajstić information content (AvgIpc) is 3.12. The molecule has 0 unspecified atom stereocenters. The number of benzene rings is 1. The number of nitrogens with zero attached hydrogens (tertiary/aromatic N) is 2. The summed E-state index contributed by atoms with van der Waals surface area (Å²) >= 11 is 0. The maximum absolute atomic E-state index is 12.3. The fourth-order valence-electron chi connectivity index (χ4n) is 2.50. The van der Waals surface area contributed by atoms with E-state index in [1.165, 1.54) is 17.4 Å². The van der Waals surface area contributed by atoms with Crippen molar-refractivity contribution in [2.24, 2.45) is 0 Å². The van der Waals surface area contributed by atoms with E-state index in [1.807, 2.05) is 13.0 Å². The molecular weight excluding hydrogens is 354 g/mol. The highest BCUT2D eigenvalue weighted by Gasteiger charge is 2.12. The molecule has 1 aromatic carbocycles. The van der Waals surface area contributed by atoms with Crippen LogP contribution in [0.15, 0.2) is 59.5 Å². The fraction of sp³-hybridized carbons (Fsp3) is 0.136. The average molecular weight is 373 g/mol. The Balaban J connectivity index is 1.77. The molecule has 0 aliphatic rings. The number of rotatable bonds is 3. The second kappa shape index (κ2) is 8.23. The molecule has 2 aromatic heterocycles. The number of carbonyl (C=O) groups excluding carboxylic acids is 2. The van der Waals surface area contributed by atoms with Crippen molar-refractivity contribution in [3.63, 3.8) is 0 Å². The number of furan rings is 1. The van der Waals surface area contributed by atoms with E-state index >= 15 is 0 Å². The lowest BCUT2D eigenvalue weighted by atomic mass is 10.1. The summed E-state index contributed by atoms with van der Waals surface area (Å²) in [5.74, 6) is 5.86. The Morgan fingerprint density at radius 3 is 2.57 bits per heavy atom. The van der Waals surface area contributed by atoms with Crippen molar-refractivity contribution in [3.8, 4) is 11.8 Å². The molecule has 0 saturated heterocycles. The topological polar surface area (TPSA) is 75.4 Å². The molecule has 0 fully saturated rings. The molecule has 0 bridgehead atoms. The van der Waals surface area contributed by atoms with Gasteiger partial charge in [-0.2, -0.15) is 0 Å². The second-order valence-electron chi connectivity index (χ2n) is 6.38. The molecule has 3 aromatic rings. The molecule has 0 saturated carbocycles. The molecule has 6 heteroatoms. The number of hydrogen-bond donors (Lipinski definition) is 1. The van der Waals surface area contributed by atoms with E-state index in [0.717, 1.165) is 11.1 Å². The van der Waals surface area contributed by atoms with Gasteiger partial charge in [-0.1, -0.05) is 17.9 Å². The van der Waals surface area contributed by atoms with Gasteiger partial charge in [0.1, 0.15) is 0 Å². The lowest BCUT2D eigenvalue weighted by molar-refractivity contribution is 0.0827. The number of carbonyl (C=O) groups is 2. The third kappa shape index (κ3) is 4.46. The van der Waals surface area contributed by atoms with E-state index in [9.17, 15) is 9.59 Å². The zero-order chi connectivity index (χ0) is 20.1. The van der Waals surface area contributed by atoms with Gasteiger partial charge in [0.15, 0.2) is 5.76 Å². The zero-order valence-corrected chi connectivity index (χ0v) is 15.8. The molecule has 0 atom stereocenters. The normalized spacial score (nSPS) is 9.96. The first-order valence-corrected chi connectivity index (χ1v) is 8.58. The molecular formula is C22H19N3O3. The van der Waals surface area contributed by atoms with Crippen molar-refractivity contribution in [1.82, 2.24) is 9.88 Å². The third-order valence-corrected chi connectivity index (χ3v) is 3.93. The summed E-state index contributed by atoms with van der Waals surface area (Å²) in [4.78, 5) is 29.9. The van der Waals surface area contributed by atoms with Gasteiger partial charge in [0.25, 0.3) is 11.8 Å². The Kier molecular flexibility index (Phi) is 5.56. The Morgan fingerprint density at radius 2 is 1.86 bits per heavy atom. The molecule has 0 aliphatic carbocycles. The molecule has 3 rings (SSSR count). The van der Waals surface area contributed by atoms with Crippen LogP contribution in [-0.2, 0) is 0 Å². The summed E-state index contributed by atoms with van der Waals surface area (Å²) in [5, 5.41) is 2.80. The van der Waals surface area contributed by atoms with Crippen LogP contribution in [0.3, 0.4) is 0 Å². The summed E-state index contributed by atoms with van der Waals surface area (Å²) in [6.45, 7) is 1.81. The molecule has 6 nitrogen and oxygen atoms in total. The lowest BCUT2D eigenvalue weighted by Gasteiger charge is -2.09. The van der Waals surface area contributed by atoms with Crippen molar-refractivity contribution in [1.29, 1.82) is 0 Å². The number of nitrogens with one attached hydrogen (secondary N) is 1. The minimum absolute atomic E-state index is 0.130. The van der Waals surface area contributed by atoms with Crippen LogP contribution in [0.5, 0.6) is 0 Å². The molecule has 0 radical (unpaired) electrons. The number of aromatic nitrogens is 1. The summed E-state index contributed by atoms with van der Waals surface area (Å²) in [7, 11) is 3.37. The fourth-order valence-corrected chi connectivity index (χ4v) is 2.50. The van der Waals surface area contributed by atoms with Crippen molar-refractivity contribution in [3.05, 3.63) is 83.1 Å². The predicted molar refractivity (Wildman–Crippen MR) is 106 cm³/mol. The van der Waals surface area contributed by atoms with E-state index in [1.54, 1.807) is 50.6 Å². The smallest absolute Gasteiger partial charge is 0.291 e. The van der Waals surface area contributed by atoms with Gasteiger partial charge in [-0.3, -0.25) is 14.6 Å². The molecule has 0 spiro atoms. The Hall–Kier alpha value is -3.85. The van der Waals surface area contributed by atoms with E-state index in [-0.39, 0.29) is 17.6 Å². The van der Waals surface area contributed by atoms with Crippen molar-refractivity contribution < 1.29 is 14.0 Å². The first-order valence-electron chi connectivity index (χ1n) is 8.58. The first kappa shape index (κ1) is 18.9. The van der Waals surface area contributed by atoms with Gasteiger partial charge in [-0.25, -0.2) is 0 Å². The number of hydrogen-bond acceptors (Lipinski definition) is 4. The Labute approximate surface area is 163 Å². The monoisotopic (exact) mass is 373 g/mol. The number of pyridine rings is 1. The van der Waals surface area contributed by atoms with Gasteiger partial charge >= 0.3 is 0 Å². The molecule has 28 heavy (non-hydrogen) atoms. The Bertz CT molecular complexity index is 1090. The van der Waals surface area contributed by atoms with E-state index in [4.69, 9.17) is 4.42 Å². The zero-order valence-electron chi connectivity index (χ0n) is 15.8. The standard InChI is InChI=1S/C22H19N3O3/c1-15-9-10-28-20(15)21(26)24-19-6-4-5-16(12-19)7-8-17-11-18(14-23-13-17)22(27)25(2)3/h4-6,9-14H,1-3H3,(H,24,26). The molecule has 1 N–H and O–H groups in total. The number of amides is 2. The minimum atomic E-state index is -0.313. The van der Waals surface area contributed by atoms with Crippen LogP contribution >= 0.6 is 0 Å². The minimum Gasteiger partial charge on any atom is -0.459 e. The maximum Gasteiger partial charge on any atom is 0.291 e. The highest BCUT2D eigenvalue weighted by molar-refractivity contribution is 6.03. The highest BCUT2D eigenvalue weighted by atomic mass is 16.3. The van der Waals surface area contributed by atoms with Crippen LogP contribution in [0.4, 0.5) is 5.69 Å². The number of anilines is 1. The van der Waals surface area contributed by atoms with Crippen LogP contribution in [0.1, 0.15) is 37.6 Å². The van der Waals surface area contributed by atoms with Gasteiger partial charge in [-0.05, 0) is 37.3 Å². The summed E-state index contributed by atoms with van der Waals surface area (Å²) in [6, 6.07) is 10.6. The third-order valence-electron chi connectivity index (χ3n) is 3.93. The van der Waals surface area contributed by atoms with E-state index in [2.05, 4.69) is 22.1 Å². The summed E-state index contributed by atoms with van der Waals surface area (Å²) in [6.07, 6.45) is 4.60. The maximum atomic E-state index is 12.3. The SMILES string of the molecule is Cc1ccoc1C(=O)Nc1cccc(C#Cc2cncc(C(=O)N(C)C)c2)c1. The molecule has 0 aliphatic heterocycles. The highest BCUT2D eigenvalue weighted by Crippen LogP contribution is 2.15. The van der Waals surface area contributed by atoms with Gasteiger partial charge in [0.2, 0.25) is 0 Å². The van der Waals surface area contributed by atoms with Crippen molar-refractivity contribution in [2.75, 3.05) is 19.4 Å². The predicted octanol–water partition coefficient (Wildman–Crippen LogP) is 3.34. The van der Waals surface area contributed by atoms with Crippen LogP contribution < -0.4 is 5.32 Å². The quantitative estimate of drug-likeness (QED) is 0.715. The molecule has 140 valence electrons. The summed E-state index contributed by atoms with van der Waals surface area (Å²) in [5.41, 5.74) is 3.22. The Morgan fingerprint density at radius 1 is 1.07 bits per heavy atom. The van der Waals surface area contributed by atoms with Gasteiger partial charge in [0.05, 0.1) is 11.8 Å². The number of aryl methyl sites for hydroxylation is 1. The van der Waals surface area contributed by atoms with E-state index in [0.29, 0.717) is 16.8 Å². The molecule has 2 amide bonds. The van der Waals surface area contributed by atoms with Crippen LogP contribution in [0.2, 0.25) is 0 Å². The van der Waals surface area contributed by atoms with Crippen LogP contribution in [0, 0.1) is 18.8 Å². The molecule has 2 heterocycles. The second-order valence-corrected chi connectivity index (χ2v) is 6.38. The largest absolute Gasteiger partial charge is 0.459 e.